The van der Waals surface area contributed by atoms with Crippen molar-refractivity contribution in [3.8, 4) is 0 Å². The van der Waals surface area contributed by atoms with Crippen molar-refractivity contribution in [3.63, 3.8) is 0 Å². The van der Waals surface area contributed by atoms with Gasteiger partial charge in [-0.05, 0) is 12.8 Å². The highest BCUT2D eigenvalue weighted by Gasteiger charge is 2.20. The summed E-state index contributed by atoms with van der Waals surface area (Å²) in [4.78, 5) is 22.4. The van der Waals surface area contributed by atoms with Crippen molar-refractivity contribution < 1.29 is 9.59 Å². The molecule has 0 radical (unpaired) electrons. The summed E-state index contributed by atoms with van der Waals surface area (Å²) in [5.74, 6) is -0.346. The van der Waals surface area contributed by atoms with E-state index >= 15 is 0 Å². The molecule has 0 saturated carbocycles. The molecule has 2 unspecified atom stereocenters. The average Bonchev–Trinajstić information content (AvgIpc) is 2.30. The van der Waals surface area contributed by atoms with Crippen LogP contribution in [-0.4, -0.2) is 17.7 Å². The molecule has 0 aliphatic rings. The lowest BCUT2D eigenvalue weighted by Crippen LogP contribution is -2.35. The molecule has 2 atom stereocenters. The third-order valence-electron chi connectivity index (χ3n) is 3.04. The summed E-state index contributed by atoms with van der Waals surface area (Å²) in [5.41, 5.74) is 10.8. The number of hydrogen-bond acceptors (Lipinski definition) is 3. The van der Waals surface area contributed by atoms with Crippen molar-refractivity contribution in [1.82, 2.24) is 0 Å². The molecule has 100 valence electrons. The summed E-state index contributed by atoms with van der Waals surface area (Å²) in [6.45, 7) is 4.08. The first-order chi connectivity index (χ1) is 7.99. The summed E-state index contributed by atoms with van der Waals surface area (Å²) in [6, 6.07) is -0.538. The van der Waals surface area contributed by atoms with Crippen molar-refractivity contribution >= 4 is 11.7 Å². The van der Waals surface area contributed by atoms with Crippen LogP contribution in [-0.2, 0) is 9.59 Å². The second-order valence-corrected chi connectivity index (χ2v) is 4.76. The number of Topliss-reactive ketones (excluding diaryl/α,β-unsaturated/α-hetero) is 1. The van der Waals surface area contributed by atoms with Gasteiger partial charge < -0.3 is 11.5 Å². The van der Waals surface area contributed by atoms with Gasteiger partial charge in [-0.3, -0.25) is 9.59 Å². The summed E-state index contributed by atoms with van der Waals surface area (Å²) in [5, 5.41) is 0. The van der Waals surface area contributed by atoms with Crippen molar-refractivity contribution in [3.05, 3.63) is 0 Å². The van der Waals surface area contributed by atoms with Gasteiger partial charge in [0.15, 0.2) is 5.78 Å². The minimum atomic E-state index is -0.538. The monoisotopic (exact) mass is 242 g/mol. The predicted molar refractivity (Wildman–Crippen MR) is 69.3 cm³/mol. The Hall–Kier alpha value is -0.900. The highest BCUT2D eigenvalue weighted by molar-refractivity contribution is 5.86. The van der Waals surface area contributed by atoms with Crippen LogP contribution in [0, 0.1) is 5.92 Å². The van der Waals surface area contributed by atoms with Gasteiger partial charge in [0.1, 0.15) is 0 Å². The van der Waals surface area contributed by atoms with Crippen LogP contribution in [0.1, 0.15) is 58.8 Å². The molecule has 0 aromatic heterocycles. The first-order valence-corrected chi connectivity index (χ1v) is 6.56. The maximum Gasteiger partial charge on any atom is 0.217 e. The number of hydrogen-bond donors (Lipinski definition) is 2. The second-order valence-electron chi connectivity index (χ2n) is 4.76. The SMILES string of the molecule is CCCCCCC(C)C(=O)C(N)CCC(N)=O. The zero-order valence-corrected chi connectivity index (χ0v) is 11.1. The van der Waals surface area contributed by atoms with Crippen LogP contribution in [0.15, 0.2) is 0 Å². The van der Waals surface area contributed by atoms with E-state index in [1.54, 1.807) is 0 Å². The standard InChI is InChI=1S/C13H26N2O2/c1-3-4-5-6-7-10(2)13(17)11(14)8-9-12(15)16/h10-11H,3-9,14H2,1-2H3,(H2,15,16). The molecule has 0 saturated heterocycles. The molecule has 0 heterocycles. The molecule has 0 fully saturated rings. The number of ketones is 1. The molecule has 4 heteroatoms. The molecule has 0 aromatic rings. The Kier molecular flexibility index (Phi) is 8.68. The molecule has 0 spiro atoms. The van der Waals surface area contributed by atoms with Crippen molar-refractivity contribution in [2.45, 2.75) is 64.8 Å². The van der Waals surface area contributed by atoms with Gasteiger partial charge in [-0.25, -0.2) is 0 Å². The van der Waals surface area contributed by atoms with Crippen molar-refractivity contribution in [1.29, 1.82) is 0 Å². The van der Waals surface area contributed by atoms with E-state index in [2.05, 4.69) is 6.92 Å². The lowest BCUT2D eigenvalue weighted by atomic mass is 9.92. The van der Waals surface area contributed by atoms with Gasteiger partial charge in [-0.2, -0.15) is 0 Å². The Morgan fingerprint density at radius 3 is 2.29 bits per heavy atom. The Labute approximate surface area is 104 Å². The topological polar surface area (TPSA) is 86.2 Å². The number of carbonyl (C=O) groups is 2. The van der Waals surface area contributed by atoms with Crippen LogP contribution in [0.2, 0.25) is 0 Å². The zero-order chi connectivity index (χ0) is 13.3. The first kappa shape index (κ1) is 16.1. The minimum absolute atomic E-state index is 0.00488. The zero-order valence-electron chi connectivity index (χ0n) is 11.1. The van der Waals surface area contributed by atoms with Gasteiger partial charge in [0.05, 0.1) is 6.04 Å². The van der Waals surface area contributed by atoms with Crippen molar-refractivity contribution in [2.75, 3.05) is 0 Å². The number of rotatable bonds is 10. The van der Waals surface area contributed by atoms with Crippen LogP contribution in [0.3, 0.4) is 0 Å². The molecule has 4 nitrogen and oxygen atoms in total. The van der Waals surface area contributed by atoms with Gasteiger partial charge in [0, 0.05) is 12.3 Å². The Morgan fingerprint density at radius 1 is 1.12 bits per heavy atom. The number of unbranched alkanes of at least 4 members (excludes halogenated alkanes) is 3. The molecular formula is C13H26N2O2. The molecule has 0 aromatic carbocycles. The molecule has 17 heavy (non-hydrogen) atoms. The molecule has 0 aliphatic heterocycles. The van der Waals surface area contributed by atoms with E-state index in [9.17, 15) is 9.59 Å². The summed E-state index contributed by atoms with van der Waals surface area (Å²) in [7, 11) is 0. The van der Waals surface area contributed by atoms with E-state index in [-0.39, 0.29) is 18.1 Å². The van der Waals surface area contributed by atoms with Gasteiger partial charge >= 0.3 is 0 Å². The minimum Gasteiger partial charge on any atom is -0.370 e. The maximum atomic E-state index is 11.8. The van der Waals surface area contributed by atoms with E-state index in [1.807, 2.05) is 6.92 Å². The predicted octanol–water partition coefficient (Wildman–Crippen LogP) is 1.75. The molecule has 4 N–H and O–H groups in total. The Balaban J connectivity index is 3.82. The van der Waals surface area contributed by atoms with E-state index < -0.39 is 11.9 Å². The molecule has 0 bridgehead atoms. The van der Waals surface area contributed by atoms with Crippen LogP contribution in [0.25, 0.3) is 0 Å². The molecule has 0 aliphatic carbocycles. The molecule has 1 amide bonds. The van der Waals surface area contributed by atoms with Gasteiger partial charge in [-0.1, -0.05) is 39.5 Å². The Bertz CT molecular complexity index is 242. The van der Waals surface area contributed by atoms with Crippen LogP contribution >= 0.6 is 0 Å². The number of carbonyl (C=O) groups excluding carboxylic acids is 2. The lowest BCUT2D eigenvalue weighted by Gasteiger charge is -2.15. The highest BCUT2D eigenvalue weighted by Crippen LogP contribution is 2.13. The fourth-order valence-corrected chi connectivity index (χ4v) is 1.83. The Morgan fingerprint density at radius 2 is 1.76 bits per heavy atom. The number of primary amides is 1. The average molecular weight is 242 g/mol. The van der Waals surface area contributed by atoms with E-state index in [4.69, 9.17) is 11.5 Å². The fourth-order valence-electron chi connectivity index (χ4n) is 1.83. The van der Waals surface area contributed by atoms with Crippen LogP contribution < -0.4 is 11.5 Å². The lowest BCUT2D eigenvalue weighted by molar-refractivity contribution is -0.124. The smallest absolute Gasteiger partial charge is 0.217 e. The van der Waals surface area contributed by atoms with Crippen LogP contribution in [0.4, 0.5) is 0 Å². The number of nitrogens with two attached hydrogens (primary N) is 2. The number of amides is 1. The van der Waals surface area contributed by atoms with Crippen LogP contribution in [0.5, 0.6) is 0 Å². The molecular weight excluding hydrogens is 216 g/mol. The third-order valence-corrected chi connectivity index (χ3v) is 3.04. The quantitative estimate of drug-likeness (QED) is 0.572. The maximum absolute atomic E-state index is 11.8. The highest BCUT2D eigenvalue weighted by atomic mass is 16.1. The van der Waals surface area contributed by atoms with E-state index in [0.29, 0.717) is 6.42 Å². The summed E-state index contributed by atoms with van der Waals surface area (Å²) < 4.78 is 0. The third kappa shape index (κ3) is 7.91. The van der Waals surface area contributed by atoms with Gasteiger partial charge in [0.2, 0.25) is 5.91 Å². The van der Waals surface area contributed by atoms with Gasteiger partial charge in [0.25, 0.3) is 0 Å². The fraction of sp³-hybridized carbons (Fsp3) is 0.846. The normalized spacial score (nSPS) is 14.3. The van der Waals surface area contributed by atoms with E-state index in [1.165, 1.54) is 19.3 Å². The first-order valence-electron chi connectivity index (χ1n) is 6.56. The van der Waals surface area contributed by atoms with Crippen molar-refractivity contribution in [2.24, 2.45) is 17.4 Å². The summed E-state index contributed by atoms with van der Waals surface area (Å²) >= 11 is 0. The summed E-state index contributed by atoms with van der Waals surface area (Å²) in [6.07, 6.45) is 6.11. The molecule has 0 rings (SSSR count). The van der Waals surface area contributed by atoms with E-state index in [0.717, 1.165) is 12.8 Å². The van der Waals surface area contributed by atoms with Gasteiger partial charge in [-0.15, -0.1) is 0 Å². The largest absolute Gasteiger partial charge is 0.370 e. The second kappa shape index (κ2) is 9.16.